The minimum atomic E-state index is 0.147. The highest BCUT2D eigenvalue weighted by Gasteiger charge is 2.23. The molecule has 1 atom stereocenters. The maximum Gasteiger partial charge on any atom is 0.228 e. The molecule has 110 valence electrons. The second kappa shape index (κ2) is 6.10. The molecule has 21 heavy (non-hydrogen) atoms. The zero-order valence-corrected chi connectivity index (χ0v) is 12.2. The number of carbonyl (C=O) groups is 1. The molecular formula is C16H20N4O. The Hall–Kier alpha value is -2.14. The SMILES string of the molecule is CC1CN(C(=O)CCn2cccn2)c2ccccc2CN1. The summed E-state index contributed by atoms with van der Waals surface area (Å²) in [6.07, 6.45) is 4.08. The van der Waals surface area contributed by atoms with Crippen molar-refractivity contribution in [3.8, 4) is 0 Å². The Kier molecular flexibility index (Phi) is 4.01. The van der Waals surface area contributed by atoms with Crippen molar-refractivity contribution in [1.29, 1.82) is 0 Å². The fourth-order valence-electron chi connectivity index (χ4n) is 2.66. The molecular weight excluding hydrogens is 264 g/mol. The molecule has 0 aliphatic carbocycles. The fourth-order valence-corrected chi connectivity index (χ4v) is 2.66. The van der Waals surface area contributed by atoms with Gasteiger partial charge in [0.15, 0.2) is 0 Å². The van der Waals surface area contributed by atoms with Crippen molar-refractivity contribution < 1.29 is 4.79 Å². The Balaban J connectivity index is 1.77. The molecule has 0 spiro atoms. The average molecular weight is 284 g/mol. The molecule has 1 aliphatic heterocycles. The molecule has 1 aliphatic rings. The summed E-state index contributed by atoms with van der Waals surface area (Å²) >= 11 is 0. The number of amides is 1. The third kappa shape index (κ3) is 3.13. The van der Waals surface area contributed by atoms with Crippen molar-refractivity contribution in [2.75, 3.05) is 11.4 Å². The number of hydrogen-bond acceptors (Lipinski definition) is 3. The summed E-state index contributed by atoms with van der Waals surface area (Å²) in [6, 6.07) is 10.3. The Bertz CT molecular complexity index is 608. The molecule has 1 N–H and O–H groups in total. The highest BCUT2D eigenvalue weighted by atomic mass is 16.2. The van der Waals surface area contributed by atoms with Crippen molar-refractivity contribution in [3.63, 3.8) is 0 Å². The Morgan fingerprint density at radius 1 is 1.38 bits per heavy atom. The van der Waals surface area contributed by atoms with Gasteiger partial charge in [0.1, 0.15) is 0 Å². The quantitative estimate of drug-likeness (QED) is 0.935. The highest BCUT2D eigenvalue weighted by Crippen LogP contribution is 2.24. The molecule has 5 heteroatoms. The second-order valence-electron chi connectivity index (χ2n) is 5.43. The van der Waals surface area contributed by atoms with E-state index in [9.17, 15) is 4.79 Å². The average Bonchev–Trinajstić information content (AvgIpc) is 2.96. The van der Waals surface area contributed by atoms with Crippen LogP contribution in [0.5, 0.6) is 0 Å². The van der Waals surface area contributed by atoms with Gasteiger partial charge < -0.3 is 10.2 Å². The van der Waals surface area contributed by atoms with E-state index < -0.39 is 0 Å². The molecule has 2 aromatic rings. The van der Waals surface area contributed by atoms with Crippen LogP contribution in [0, 0.1) is 0 Å². The topological polar surface area (TPSA) is 50.2 Å². The van der Waals surface area contributed by atoms with E-state index in [1.54, 1.807) is 10.9 Å². The van der Waals surface area contributed by atoms with E-state index in [-0.39, 0.29) is 11.9 Å². The third-order valence-corrected chi connectivity index (χ3v) is 3.79. The number of anilines is 1. The van der Waals surface area contributed by atoms with Gasteiger partial charge in [-0.1, -0.05) is 18.2 Å². The summed E-state index contributed by atoms with van der Waals surface area (Å²) in [4.78, 5) is 14.5. The van der Waals surface area contributed by atoms with Crippen molar-refractivity contribution >= 4 is 11.6 Å². The summed E-state index contributed by atoms with van der Waals surface area (Å²) in [5.41, 5.74) is 2.20. The van der Waals surface area contributed by atoms with Crippen LogP contribution in [0.4, 0.5) is 5.69 Å². The molecule has 0 bridgehead atoms. The minimum Gasteiger partial charge on any atom is -0.310 e. The molecule has 1 aromatic heterocycles. The summed E-state index contributed by atoms with van der Waals surface area (Å²) in [5, 5.41) is 7.59. The number of nitrogens with zero attached hydrogens (tertiary/aromatic N) is 3. The number of aryl methyl sites for hydroxylation is 1. The number of benzene rings is 1. The number of rotatable bonds is 3. The monoisotopic (exact) mass is 284 g/mol. The number of aromatic nitrogens is 2. The normalized spacial score (nSPS) is 18.1. The van der Waals surface area contributed by atoms with Crippen LogP contribution in [0.15, 0.2) is 42.7 Å². The zero-order chi connectivity index (χ0) is 14.7. The van der Waals surface area contributed by atoms with Gasteiger partial charge in [0.25, 0.3) is 0 Å². The third-order valence-electron chi connectivity index (χ3n) is 3.79. The molecule has 3 rings (SSSR count). The highest BCUT2D eigenvalue weighted by molar-refractivity contribution is 5.94. The first kappa shape index (κ1) is 13.8. The van der Waals surface area contributed by atoms with Gasteiger partial charge in [-0.05, 0) is 24.6 Å². The minimum absolute atomic E-state index is 0.147. The van der Waals surface area contributed by atoms with E-state index in [4.69, 9.17) is 0 Å². The van der Waals surface area contributed by atoms with Crippen LogP contribution in [0.2, 0.25) is 0 Å². The largest absolute Gasteiger partial charge is 0.310 e. The van der Waals surface area contributed by atoms with Crippen LogP contribution in [0.3, 0.4) is 0 Å². The summed E-state index contributed by atoms with van der Waals surface area (Å²) in [6.45, 7) is 4.24. The van der Waals surface area contributed by atoms with E-state index in [0.717, 1.165) is 12.2 Å². The first-order chi connectivity index (χ1) is 10.2. The Morgan fingerprint density at radius 3 is 3.05 bits per heavy atom. The standard InChI is InChI=1S/C16H20N4O/c1-13-12-20(15-6-3-2-5-14(15)11-17-13)16(21)7-10-19-9-4-8-18-19/h2-6,8-9,13,17H,7,10-12H2,1H3. The molecule has 1 aromatic carbocycles. The van der Waals surface area contributed by atoms with Crippen LogP contribution < -0.4 is 10.2 Å². The predicted molar refractivity (Wildman–Crippen MR) is 81.9 cm³/mol. The van der Waals surface area contributed by atoms with Gasteiger partial charge in [0.05, 0.1) is 0 Å². The maximum absolute atomic E-state index is 12.6. The lowest BCUT2D eigenvalue weighted by Crippen LogP contribution is -2.40. The number of fused-ring (bicyclic) bond motifs is 1. The van der Waals surface area contributed by atoms with Crippen LogP contribution in [0.25, 0.3) is 0 Å². The molecule has 0 saturated heterocycles. The van der Waals surface area contributed by atoms with Gasteiger partial charge in [0.2, 0.25) is 5.91 Å². The number of hydrogen-bond donors (Lipinski definition) is 1. The molecule has 2 heterocycles. The van der Waals surface area contributed by atoms with Crippen LogP contribution >= 0.6 is 0 Å². The number of nitrogens with one attached hydrogen (secondary N) is 1. The summed E-state index contributed by atoms with van der Waals surface area (Å²) < 4.78 is 1.79. The lowest BCUT2D eigenvalue weighted by molar-refractivity contribution is -0.118. The summed E-state index contributed by atoms with van der Waals surface area (Å²) in [7, 11) is 0. The predicted octanol–water partition coefficient (Wildman–Crippen LogP) is 1.80. The van der Waals surface area contributed by atoms with Gasteiger partial charge in [0, 0.05) is 50.2 Å². The lowest BCUT2D eigenvalue weighted by Gasteiger charge is -2.24. The number of carbonyl (C=O) groups excluding carboxylic acids is 1. The molecule has 1 amide bonds. The van der Waals surface area contributed by atoms with Gasteiger partial charge in [-0.2, -0.15) is 5.10 Å². The first-order valence-electron chi connectivity index (χ1n) is 7.33. The van der Waals surface area contributed by atoms with E-state index in [0.29, 0.717) is 19.5 Å². The Labute approximate surface area is 124 Å². The molecule has 0 radical (unpaired) electrons. The van der Waals surface area contributed by atoms with Gasteiger partial charge in [-0.25, -0.2) is 0 Å². The fraction of sp³-hybridized carbons (Fsp3) is 0.375. The van der Waals surface area contributed by atoms with Crippen LogP contribution in [-0.4, -0.2) is 28.3 Å². The van der Waals surface area contributed by atoms with Crippen molar-refractivity contribution in [2.24, 2.45) is 0 Å². The second-order valence-corrected chi connectivity index (χ2v) is 5.43. The van der Waals surface area contributed by atoms with Crippen molar-refractivity contribution in [2.45, 2.75) is 32.5 Å². The van der Waals surface area contributed by atoms with Crippen molar-refractivity contribution in [3.05, 3.63) is 48.3 Å². The lowest BCUT2D eigenvalue weighted by atomic mass is 10.1. The van der Waals surface area contributed by atoms with E-state index >= 15 is 0 Å². The van der Waals surface area contributed by atoms with Gasteiger partial charge in [-0.3, -0.25) is 9.48 Å². The maximum atomic E-state index is 12.6. The van der Waals surface area contributed by atoms with E-state index in [1.807, 2.05) is 35.4 Å². The first-order valence-corrected chi connectivity index (χ1v) is 7.33. The van der Waals surface area contributed by atoms with Crippen LogP contribution in [-0.2, 0) is 17.9 Å². The molecule has 5 nitrogen and oxygen atoms in total. The molecule has 1 unspecified atom stereocenters. The summed E-state index contributed by atoms with van der Waals surface area (Å²) in [5.74, 6) is 0.147. The van der Waals surface area contributed by atoms with E-state index in [1.165, 1.54) is 5.56 Å². The van der Waals surface area contributed by atoms with Gasteiger partial charge >= 0.3 is 0 Å². The zero-order valence-electron chi connectivity index (χ0n) is 12.2. The molecule has 0 fully saturated rings. The Morgan fingerprint density at radius 2 is 2.24 bits per heavy atom. The van der Waals surface area contributed by atoms with Gasteiger partial charge in [-0.15, -0.1) is 0 Å². The van der Waals surface area contributed by atoms with Crippen molar-refractivity contribution in [1.82, 2.24) is 15.1 Å². The molecule has 0 saturated carbocycles. The smallest absolute Gasteiger partial charge is 0.228 e. The van der Waals surface area contributed by atoms with Crippen LogP contribution in [0.1, 0.15) is 18.9 Å². The number of para-hydroxylation sites is 1. The van der Waals surface area contributed by atoms with E-state index in [2.05, 4.69) is 23.4 Å².